The van der Waals surface area contributed by atoms with E-state index in [0.717, 1.165) is 81.3 Å². The Labute approximate surface area is 171 Å². The number of nitriles is 1. The molecule has 29 heavy (non-hydrogen) atoms. The van der Waals surface area contributed by atoms with Crippen molar-refractivity contribution < 1.29 is 4.74 Å². The fourth-order valence-electron chi connectivity index (χ4n) is 4.69. The monoisotopic (exact) mass is 390 g/mol. The number of hydrogen-bond acceptors (Lipinski definition) is 7. The first-order chi connectivity index (χ1) is 14.3. The molecular weight excluding hydrogens is 364 g/mol. The maximum Gasteiger partial charge on any atom is 0.226 e. The smallest absolute Gasteiger partial charge is 0.226 e. The van der Waals surface area contributed by atoms with Gasteiger partial charge in [-0.1, -0.05) is 12.1 Å². The molecule has 0 radical (unpaired) electrons. The molecule has 0 aliphatic carbocycles. The molecule has 0 spiro atoms. The molecule has 0 saturated carbocycles. The standard InChI is InChI=1S/C22H26N6O/c23-11-16-1-3-17(4-2-16)21-20(27-7-9-29-10-8-27)14-25-22(26-21)28-6-5-18-12-24-13-19(18)15-28/h1-4,14,18-19,24H,5-10,12-13,15H2. The second kappa shape index (κ2) is 7.97. The van der Waals surface area contributed by atoms with Crippen molar-refractivity contribution in [3.63, 3.8) is 0 Å². The number of benzene rings is 1. The van der Waals surface area contributed by atoms with Crippen molar-refractivity contribution in [3.05, 3.63) is 36.0 Å². The summed E-state index contributed by atoms with van der Waals surface area (Å²) in [7, 11) is 0. The summed E-state index contributed by atoms with van der Waals surface area (Å²) in [5.41, 5.74) is 3.66. The van der Waals surface area contributed by atoms with E-state index in [0.29, 0.717) is 11.5 Å². The van der Waals surface area contributed by atoms with Crippen LogP contribution >= 0.6 is 0 Å². The van der Waals surface area contributed by atoms with Gasteiger partial charge in [-0.05, 0) is 43.5 Å². The van der Waals surface area contributed by atoms with Gasteiger partial charge in [0.1, 0.15) is 0 Å². The van der Waals surface area contributed by atoms with Gasteiger partial charge in [0.15, 0.2) is 0 Å². The highest BCUT2D eigenvalue weighted by molar-refractivity contribution is 5.76. The average molecular weight is 390 g/mol. The summed E-state index contributed by atoms with van der Waals surface area (Å²) in [6, 6.07) is 9.88. The van der Waals surface area contributed by atoms with Crippen LogP contribution in [0, 0.1) is 23.2 Å². The summed E-state index contributed by atoms with van der Waals surface area (Å²) in [5.74, 6) is 2.29. The number of nitrogens with one attached hydrogen (secondary N) is 1. The molecule has 3 aliphatic heterocycles. The fraction of sp³-hybridized carbons (Fsp3) is 0.500. The van der Waals surface area contributed by atoms with Gasteiger partial charge in [0, 0.05) is 31.7 Å². The third kappa shape index (κ3) is 3.66. The SMILES string of the molecule is N#Cc1ccc(-c2nc(N3CCC4CNCC4C3)ncc2N2CCOCC2)cc1. The Morgan fingerprint density at radius 2 is 1.83 bits per heavy atom. The van der Waals surface area contributed by atoms with E-state index in [1.165, 1.54) is 6.42 Å². The number of anilines is 2. The molecule has 2 aromatic rings. The van der Waals surface area contributed by atoms with Crippen LogP contribution in [-0.2, 0) is 4.74 Å². The van der Waals surface area contributed by atoms with Crippen molar-refractivity contribution in [2.45, 2.75) is 6.42 Å². The molecule has 2 unspecified atom stereocenters. The van der Waals surface area contributed by atoms with E-state index < -0.39 is 0 Å². The van der Waals surface area contributed by atoms with Crippen molar-refractivity contribution >= 4 is 11.6 Å². The third-order valence-electron chi connectivity index (χ3n) is 6.38. The number of rotatable bonds is 3. The molecule has 3 fully saturated rings. The van der Waals surface area contributed by atoms with Crippen molar-refractivity contribution in [1.29, 1.82) is 5.26 Å². The Kier molecular flexibility index (Phi) is 5.04. The Bertz CT molecular complexity index is 903. The molecule has 7 heteroatoms. The van der Waals surface area contributed by atoms with Crippen LogP contribution in [0.5, 0.6) is 0 Å². The Hall–Kier alpha value is -2.69. The van der Waals surface area contributed by atoms with Crippen LogP contribution in [0.3, 0.4) is 0 Å². The molecule has 5 rings (SSSR count). The summed E-state index contributed by atoms with van der Waals surface area (Å²) in [6.45, 7) is 7.37. The van der Waals surface area contributed by atoms with Crippen molar-refractivity contribution in [2.24, 2.45) is 11.8 Å². The molecule has 1 aromatic carbocycles. The van der Waals surface area contributed by atoms with Crippen LogP contribution in [0.2, 0.25) is 0 Å². The Morgan fingerprint density at radius 3 is 2.62 bits per heavy atom. The molecule has 0 bridgehead atoms. The van der Waals surface area contributed by atoms with Gasteiger partial charge in [-0.25, -0.2) is 9.97 Å². The average Bonchev–Trinajstić information content (AvgIpc) is 3.27. The Balaban J connectivity index is 1.49. The molecular formula is C22H26N6O. The van der Waals surface area contributed by atoms with E-state index in [2.05, 4.69) is 21.2 Å². The van der Waals surface area contributed by atoms with E-state index in [9.17, 15) is 0 Å². The van der Waals surface area contributed by atoms with E-state index in [-0.39, 0.29) is 0 Å². The van der Waals surface area contributed by atoms with Crippen LogP contribution in [0.25, 0.3) is 11.3 Å². The number of nitrogens with zero attached hydrogens (tertiary/aromatic N) is 5. The van der Waals surface area contributed by atoms with Crippen LogP contribution < -0.4 is 15.1 Å². The number of hydrogen-bond donors (Lipinski definition) is 1. The summed E-state index contributed by atoms with van der Waals surface area (Å²) in [6.07, 6.45) is 3.17. The first kappa shape index (κ1) is 18.3. The lowest BCUT2D eigenvalue weighted by Crippen LogP contribution is -2.41. The van der Waals surface area contributed by atoms with E-state index in [1.54, 1.807) is 0 Å². The topological polar surface area (TPSA) is 77.3 Å². The van der Waals surface area contributed by atoms with Gasteiger partial charge in [-0.3, -0.25) is 0 Å². The zero-order valence-electron chi connectivity index (χ0n) is 16.5. The van der Waals surface area contributed by atoms with Gasteiger partial charge in [-0.2, -0.15) is 5.26 Å². The van der Waals surface area contributed by atoms with Crippen LogP contribution in [0.1, 0.15) is 12.0 Å². The van der Waals surface area contributed by atoms with Crippen LogP contribution in [0.15, 0.2) is 30.5 Å². The van der Waals surface area contributed by atoms with Gasteiger partial charge in [0.25, 0.3) is 0 Å². The highest BCUT2D eigenvalue weighted by atomic mass is 16.5. The number of aromatic nitrogens is 2. The van der Waals surface area contributed by atoms with E-state index in [1.807, 2.05) is 30.5 Å². The largest absolute Gasteiger partial charge is 0.378 e. The normalized spacial score (nSPS) is 24.2. The molecule has 150 valence electrons. The zero-order valence-corrected chi connectivity index (χ0v) is 16.5. The highest BCUT2D eigenvalue weighted by Crippen LogP contribution is 2.33. The molecule has 7 nitrogen and oxygen atoms in total. The van der Waals surface area contributed by atoms with E-state index in [4.69, 9.17) is 20.0 Å². The van der Waals surface area contributed by atoms with Gasteiger partial charge in [0.05, 0.1) is 42.4 Å². The number of fused-ring (bicyclic) bond motifs is 1. The Morgan fingerprint density at radius 1 is 1.03 bits per heavy atom. The van der Waals surface area contributed by atoms with E-state index >= 15 is 0 Å². The molecule has 4 heterocycles. The van der Waals surface area contributed by atoms with Gasteiger partial charge in [-0.15, -0.1) is 0 Å². The van der Waals surface area contributed by atoms with Crippen molar-refractivity contribution in [2.75, 3.05) is 62.3 Å². The summed E-state index contributed by atoms with van der Waals surface area (Å²) >= 11 is 0. The number of piperidine rings is 1. The number of morpholine rings is 1. The maximum atomic E-state index is 9.14. The van der Waals surface area contributed by atoms with Crippen LogP contribution in [-0.4, -0.2) is 62.5 Å². The first-order valence-electron chi connectivity index (χ1n) is 10.5. The molecule has 0 amide bonds. The lowest BCUT2D eigenvalue weighted by atomic mass is 9.89. The fourth-order valence-corrected chi connectivity index (χ4v) is 4.69. The second-order valence-electron chi connectivity index (χ2n) is 8.11. The zero-order chi connectivity index (χ0) is 19.6. The summed E-state index contributed by atoms with van der Waals surface area (Å²) in [4.78, 5) is 14.4. The van der Waals surface area contributed by atoms with Gasteiger partial charge in [0.2, 0.25) is 5.95 Å². The minimum atomic E-state index is 0.659. The molecule has 1 N–H and O–H groups in total. The predicted octanol–water partition coefficient (Wildman–Crippen LogP) is 1.90. The molecule has 1 aromatic heterocycles. The van der Waals surface area contributed by atoms with Gasteiger partial charge < -0.3 is 19.9 Å². The minimum Gasteiger partial charge on any atom is -0.378 e. The molecule has 3 aliphatic rings. The quantitative estimate of drug-likeness (QED) is 0.858. The van der Waals surface area contributed by atoms with Crippen LogP contribution in [0.4, 0.5) is 11.6 Å². The van der Waals surface area contributed by atoms with Gasteiger partial charge >= 0.3 is 0 Å². The lowest BCUT2D eigenvalue weighted by Gasteiger charge is -2.35. The maximum absolute atomic E-state index is 9.14. The highest BCUT2D eigenvalue weighted by Gasteiger charge is 2.34. The third-order valence-corrected chi connectivity index (χ3v) is 6.38. The summed E-state index contributed by atoms with van der Waals surface area (Å²) < 4.78 is 5.52. The number of ether oxygens (including phenoxy) is 1. The predicted molar refractivity (Wildman–Crippen MR) is 112 cm³/mol. The molecule has 2 atom stereocenters. The first-order valence-corrected chi connectivity index (χ1v) is 10.5. The van der Waals surface area contributed by atoms with Crippen molar-refractivity contribution in [1.82, 2.24) is 15.3 Å². The van der Waals surface area contributed by atoms with Crippen molar-refractivity contribution in [3.8, 4) is 17.3 Å². The molecule has 3 saturated heterocycles. The summed E-state index contributed by atoms with van der Waals surface area (Å²) in [5, 5.41) is 12.7. The minimum absolute atomic E-state index is 0.659. The lowest BCUT2D eigenvalue weighted by molar-refractivity contribution is 0.122. The second-order valence-corrected chi connectivity index (χ2v) is 8.11.